The molecule has 30 heavy (non-hydrogen) atoms. The van der Waals surface area contributed by atoms with Gasteiger partial charge in [0, 0.05) is 23.9 Å². The molecule has 3 heterocycles. The first kappa shape index (κ1) is 19.8. The molecule has 7 nitrogen and oxygen atoms in total. The van der Waals surface area contributed by atoms with Crippen LogP contribution in [0.4, 0.5) is 9.52 Å². The van der Waals surface area contributed by atoms with Crippen molar-refractivity contribution in [1.29, 1.82) is 0 Å². The van der Waals surface area contributed by atoms with Crippen molar-refractivity contribution < 1.29 is 19.1 Å². The summed E-state index contributed by atoms with van der Waals surface area (Å²) in [5, 5.41) is 20.1. The molecule has 1 fully saturated rings. The predicted octanol–water partition coefficient (Wildman–Crippen LogP) is 3.82. The van der Waals surface area contributed by atoms with Crippen LogP contribution in [0.1, 0.15) is 41.9 Å². The summed E-state index contributed by atoms with van der Waals surface area (Å²) in [6.45, 7) is 3.90. The molecule has 1 N–H and O–H groups in total. The van der Waals surface area contributed by atoms with Crippen LogP contribution in [0.3, 0.4) is 0 Å². The number of carbonyl (C=O) groups excluding carboxylic acids is 2. The number of benzene rings is 1. The summed E-state index contributed by atoms with van der Waals surface area (Å²) in [5.74, 6) is -2.45. The average molecular weight is 424 g/mol. The number of halogens is 1. The van der Waals surface area contributed by atoms with Crippen molar-refractivity contribution in [3.05, 3.63) is 76.3 Å². The highest BCUT2D eigenvalue weighted by Crippen LogP contribution is 2.43. The van der Waals surface area contributed by atoms with Gasteiger partial charge in [-0.3, -0.25) is 19.5 Å². The molecule has 2 aromatic heterocycles. The number of nitrogens with zero attached hydrogens (tertiary/aromatic N) is 4. The van der Waals surface area contributed by atoms with Gasteiger partial charge in [-0.2, -0.15) is 0 Å². The molecule has 0 spiro atoms. The summed E-state index contributed by atoms with van der Waals surface area (Å²) < 4.78 is 13.3. The van der Waals surface area contributed by atoms with Crippen molar-refractivity contribution >= 4 is 33.9 Å². The largest absolute Gasteiger partial charge is 0.507 e. The number of Topliss-reactive ketones (excluding diaryl/α,β-unsaturated/α-hetero) is 1. The van der Waals surface area contributed by atoms with Crippen molar-refractivity contribution in [1.82, 2.24) is 15.2 Å². The van der Waals surface area contributed by atoms with Gasteiger partial charge in [0.2, 0.25) is 5.13 Å². The molecule has 1 amide bonds. The molecule has 9 heteroatoms. The first-order valence-corrected chi connectivity index (χ1v) is 10.0. The Morgan fingerprint density at radius 2 is 1.90 bits per heavy atom. The number of amides is 1. The highest BCUT2D eigenvalue weighted by atomic mass is 32.1. The maximum absolute atomic E-state index is 13.3. The zero-order chi connectivity index (χ0) is 21.4. The van der Waals surface area contributed by atoms with E-state index in [4.69, 9.17) is 0 Å². The van der Waals surface area contributed by atoms with Crippen molar-refractivity contribution in [2.75, 3.05) is 4.90 Å². The normalized spacial score (nSPS) is 18.4. The number of anilines is 1. The van der Waals surface area contributed by atoms with Gasteiger partial charge in [0.1, 0.15) is 16.6 Å². The quantitative estimate of drug-likeness (QED) is 0.389. The van der Waals surface area contributed by atoms with Crippen LogP contribution in [0.2, 0.25) is 0 Å². The van der Waals surface area contributed by atoms with Gasteiger partial charge in [-0.15, -0.1) is 10.2 Å². The second kappa shape index (κ2) is 7.75. The third-order valence-corrected chi connectivity index (χ3v) is 5.92. The molecule has 1 aromatic carbocycles. The highest BCUT2D eigenvalue weighted by Gasteiger charge is 2.48. The molecule has 0 aliphatic carbocycles. The first-order chi connectivity index (χ1) is 14.4. The lowest BCUT2D eigenvalue weighted by atomic mass is 9.96. The molecule has 1 saturated heterocycles. The Bertz CT molecular complexity index is 1140. The lowest BCUT2D eigenvalue weighted by Crippen LogP contribution is -2.29. The number of hydrogen-bond donors (Lipinski definition) is 1. The van der Waals surface area contributed by atoms with Gasteiger partial charge in [-0.25, -0.2) is 4.39 Å². The van der Waals surface area contributed by atoms with E-state index in [0.29, 0.717) is 5.56 Å². The van der Waals surface area contributed by atoms with Crippen molar-refractivity contribution in [3.8, 4) is 0 Å². The Kier molecular flexibility index (Phi) is 5.13. The van der Waals surface area contributed by atoms with Gasteiger partial charge in [-0.05, 0) is 35.9 Å². The number of aromatic nitrogens is 3. The van der Waals surface area contributed by atoms with Gasteiger partial charge < -0.3 is 5.11 Å². The lowest BCUT2D eigenvalue weighted by molar-refractivity contribution is -0.132. The van der Waals surface area contributed by atoms with Crippen LogP contribution in [-0.2, 0) is 9.59 Å². The van der Waals surface area contributed by atoms with Crippen molar-refractivity contribution in [2.45, 2.75) is 25.8 Å². The number of aliphatic hydroxyl groups is 1. The molecule has 0 unspecified atom stereocenters. The second-order valence-corrected chi connectivity index (χ2v) is 8.03. The van der Waals surface area contributed by atoms with E-state index in [2.05, 4.69) is 15.2 Å². The molecule has 3 aromatic rings. The molecule has 0 bridgehead atoms. The minimum atomic E-state index is -0.934. The second-order valence-electron chi connectivity index (χ2n) is 7.04. The van der Waals surface area contributed by atoms with Gasteiger partial charge in [0.15, 0.2) is 0 Å². The van der Waals surface area contributed by atoms with E-state index in [-0.39, 0.29) is 22.2 Å². The van der Waals surface area contributed by atoms with Gasteiger partial charge in [0.05, 0.1) is 11.6 Å². The summed E-state index contributed by atoms with van der Waals surface area (Å²) in [4.78, 5) is 31.2. The highest BCUT2D eigenvalue weighted by molar-refractivity contribution is 7.15. The molecule has 4 rings (SSSR count). The fourth-order valence-electron chi connectivity index (χ4n) is 3.20. The number of aliphatic hydroxyl groups excluding tert-OH is 1. The van der Waals surface area contributed by atoms with Crippen molar-refractivity contribution in [3.63, 3.8) is 0 Å². The van der Waals surface area contributed by atoms with Crippen LogP contribution in [-0.4, -0.2) is 32.0 Å². The molecule has 1 atom stereocenters. The number of hydrogen-bond acceptors (Lipinski definition) is 7. The number of rotatable bonds is 4. The van der Waals surface area contributed by atoms with Crippen LogP contribution in [0.5, 0.6) is 0 Å². The zero-order valence-corrected chi connectivity index (χ0v) is 16.9. The van der Waals surface area contributed by atoms with E-state index in [1.165, 1.54) is 46.7 Å². The molecule has 0 radical (unpaired) electrons. The van der Waals surface area contributed by atoms with Gasteiger partial charge >= 0.3 is 5.91 Å². The zero-order valence-electron chi connectivity index (χ0n) is 16.1. The van der Waals surface area contributed by atoms with Gasteiger partial charge in [0.25, 0.3) is 5.78 Å². The Morgan fingerprint density at radius 1 is 1.17 bits per heavy atom. The van der Waals surface area contributed by atoms with Crippen molar-refractivity contribution in [2.24, 2.45) is 0 Å². The maximum Gasteiger partial charge on any atom is 0.301 e. The third-order valence-electron chi connectivity index (χ3n) is 4.69. The van der Waals surface area contributed by atoms with Crippen LogP contribution < -0.4 is 4.90 Å². The number of carbonyl (C=O) groups is 2. The topological polar surface area (TPSA) is 96.3 Å². The molecular weight excluding hydrogens is 407 g/mol. The fourth-order valence-corrected chi connectivity index (χ4v) is 4.08. The van der Waals surface area contributed by atoms with E-state index in [0.717, 1.165) is 5.01 Å². The minimum Gasteiger partial charge on any atom is -0.507 e. The molecule has 0 saturated carbocycles. The summed E-state index contributed by atoms with van der Waals surface area (Å²) in [5.41, 5.74) is 0.644. The van der Waals surface area contributed by atoms with E-state index < -0.39 is 29.3 Å². The average Bonchev–Trinajstić information content (AvgIpc) is 3.32. The fraction of sp³-hybridized carbons (Fsp3) is 0.190. The SMILES string of the molecule is CC(C)c1nnc(N2C(=O)C(=O)C(=C(O)c3ccc(F)cc3)[C@@H]2c2cccnc2)s1. The summed E-state index contributed by atoms with van der Waals surface area (Å²) in [7, 11) is 0. The Labute approximate surface area is 175 Å². The van der Waals surface area contributed by atoms with Crippen LogP contribution in [0, 0.1) is 5.82 Å². The van der Waals surface area contributed by atoms with Crippen LogP contribution >= 0.6 is 11.3 Å². The standard InChI is InChI=1S/C21H17FN4O3S/c1-11(2)19-24-25-21(30-19)26-16(13-4-3-9-23-10-13)15(18(28)20(26)29)17(27)12-5-7-14(22)8-6-12/h3-11,16,27H,1-2H3/t16-/m0/s1. The number of ketones is 1. The monoisotopic (exact) mass is 424 g/mol. The Balaban J connectivity index is 1.91. The smallest absolute Gasteiger partial charge is 0.301 e. The molecule has 1 aliphatic rings. The van der Waals surface area contributed by atoms with E-state index in [1.54, 1.807) is 18.3 Å². The lowest BCUT2D eigenvalue weighted by Gasteiger charge is -2.22. The summed E-state index contributed by atoms with van der Waals surface area (Å²) in [6, 6.07) is 7.48. The maximum atomic E-state index is 13.3. The Morgan fingerprint density at radius 3 is 2.50 bits per heavy atom. The van der Waals surface area contributed by atoms with Crippen LogP contribution in [0.25, 0.3) is 5.76 Å². The van der Waals surface area contributed by atoms with Crippen LogP contribution in [0.15, 0.2) is 54.4 Å². The van der Waals surface area contributed by atoms with Gasteiger partial charge in [-0.1, -0.05) is 31.3 Å². The Hall–Kier alpha value is -3.46. The summed E-state index contributed by atoms with van der Waals surface area (Å²) in [6.07, 6.45) is 3.09. The molecule has 152 valence electrons. The molecular formula is C21H17FN4O3S. The minimum absolute atomic E-state index is 0.101. The molecule has 1 aliphatic heterocycles. The van der Waals surface area contributed by atoms with E-state index >= 15 is 0 Å². The van der Waals surface area contributed by atoms with E-state index in [9.17, 15) is 19.1 Å². The summed E-state index contributed by atoms with van der Waals surface area (Å²) >= 11 is 1.21. The third kappa shape index (κ3) is 3.37. The van der Waals surface area contributed by atoms with E-state index in [1.807, 2.05) is 13.8 Å². The first-order valence-electron chi connectivity index (χ1n) is 9.18. The number of pyridine rings is 1. The predicted molar refractivity (Wildman–Crippen MR) is 109 cm³/mol.